The van der Waals surface area contributed by atoms with Crippen LogP contribution in [0.3, 0.4) is 0 Å². The van der Waals surface area contributed by atoms with Crippen molar-refractivity contribution in [1.82, 2.24) is 0 Å². The first-order valence-electron chi connectivity index (χ1n) is 4.91. The van der Waals surface area contributed by atoms with E-state index < -0.39 is 0 Å². The minimum absolute atomic E-state index is 0.858. The van der Waals surface area contributed by atoms with Gasteiger partial charge in [-0.3, -0.25) is 4.99 Å². The first kappa shape index (κ1) is 11.2. The first-order chi connectivity index (χ1) is 7.36. The second-order valence-electron chi connectivity index (χ2n) is 2.99. The molecule has 0 spiro atoms. The van der Waals surface area contributed by atoms with Gasteiger partial charge in [0.05, 0.1) is 5.70 Å². The summed E-state index contributed by atoms with van der Waals surface area (Å²) in [6.45, 7) is 5.68. The summed E-state index contributed by atoms with van der Waals surface area (Å²) in [5.74, 6) is 0. The molecule has 0 N–H and O–H groups in total. The quantitative estimate of drug-likeness (QED) is 0.515. The van der Waals surface area contributed by atoms with Gasteiger partial charge in [-0.1, -0.05) is 49.1 Å². The van der Waals surface area contributed by atoms with Crippen LogP contribution in [0.1, 0.15) is 12.5 Å². The molecule has 0 saturated carbocycles. The average molecular weight is 197 g/mol. The Hall–Kier alpha value is -1.89. The van der Waals surface area contributed by atoms with Gasteiger partial charge in [-0.15, -0.1) is 0 Å². The van der Waals surface area contributed by atoms with Crippen molar-refractivity contribution < 1.29 is 0 Å². The lowest BCUT2D eigenvalue weighted by molar-refractivity contribution is 1.42. The lowest BCUT2D eigenvalue weighted by atomic mass is 10.2. The second kappa shape index (κ2) is 6.55. The minimum Gasteiger partial charge on any atom is -0.256 e. The second-order valence-corrected chi connectivity index (χ2v) is 2.99. The summed E-state index contributed by atoms with van der Waals surface area (Å²) in [6, 6.07) is 10.00. The molecule has 0 aliphatic carbocycles. The summed E-state index contributed by atoms with van der Waals surface area (Å²) in [7, 11) is 0. The summed E-state index contributed by atoms with van der Waals surface area (Å²) in [6.07, 6.45) is 9.39. The van der Waals surface area contributed by atoms with Crippen LogP contribution in [0.5, 0.6) is 0 Å². The van der Waals surface area contributed by atoms with Gasteiger partial charge in [-0.2, -0.15) is 0 Å². The van der Waals surface area contributed by atoms with Crippen molar-refractivity contribution in [3.63, 3.8) is 0 Å². The largest absolute Gasteiger partial charge is 0.256 e. The van der Waals surface area contributed by atoms with Crippen LogP contribution in [0.25, 0.3) is 0 Å². The Balaban J connectivity index is 2.75. The molecule has 1 aromatic rings. The Bertz CT molecular complexity index is 383. The van der Waals surface area contributed by atoms with Crippen LogP contribution in [-0.2, 0) is 0 Å². The molecule has 0 radical (unpaired) electrons. The molecule has 1 heteroatoms. The predicted molar refractivity (Wildman–Crippen MR) is 67.1 cm³/mol. The van der Waals surface area contributed by atoms with Gasteiger partial charge in [0.2, 0.25) is 0 Å². The van der Waals surface area contributed by atoms with Gasteiger partial charge in [0.15, 0.2) is 0 Å². The van der Waals surface area contributed by atoms with E-state index in [9.17, 15) is 0 Å². The van der Waals surface area contributed by atoms with Crippen LogP contribution in [0, 0.1) is 0 Å². The smallest absolute Gasteiger partial charge is 0.0623 e. The molecule has 0 aliphatic rings. The highest BCUT2D eigenvalue weighted by atomic mass is 14.7. The third-order valence-electron chi connectivity index (χ3n) is 1.83. The van der Waals surface area contributed by atoms with Crippen molar-refractivity contribution in [3.8, 4) is 0 Å². The standard InChI is InChI=1S/C14H15N/c1-3-5-11-14(4-2)15-12-13-9-7-6-8-10-13/h3-12H,2H2,1H3/b5-3-,14-11+,15-12?. The normalized spacial score (nSPS) is 12.5. The third-order valence-corrected chi connectivity index (χ3v) is 1.83. The minimum atomic E-state index is 0.858. The zero-order chi connectivity index (χ0) is 10.9. The predicted octanol–water partition coefficient (Wildman–Crippen LogP) is 3.75. The van der Waals surface area contributed by atoms with E-state index in [0.29, 0.717) is 0 Å². The summed E-state index contributed by atoms with van der Waals surface area (Å²) < 4.78 is 0. The fourth-order valence-electron chi connectivity index (χ4n) is 1.05. The van der Waals surface area contributed by atoms with E-state index in [0.717, 1.165) is 11.3 Å². The molecule has 0 heterocycles. The SMILES string of the molecule is C=C/C(=C\C=C/C)N=Cc1ccccc1. The van der Waals surface area contributed by atoms with E-state index in [1.807, 2.05) is 61.7 Å². The summed E-state index contributed by atoms with van der Waals surface area (Å²) in [4.78, 5) is 4.32. The van der Waals surface area contributed by atoms with Crippen LogP contribution in [0.4, 0.5) is 0 Å². The highest BCUT2D eigenvalue weighted by Crippen LogP contribution is 2.00. The lowest BCUT2D eigenvalue weighted by Crippen LogP contribution is -1.80. The van der Waals surface area contributed by atoms with Gasteiger partial charge >= 0.3 is 0 Å². The van der Waals surface area contributed by atoms with Crippen molar-refractivity contribution in [2.75, 3.05) is 0 Å². The molecule has 0 bridgehead atoms. The Kier molecular flexibility index (Phi) is 4.88. The number of allylic oxidation sites excluding steroid dienone is 4. The molecule has 0 saturated heterocycles. The molecular formula is C14H15N. The van der Waals surface area contributed by atoms with Gasteiger partial charge in [0.1, 0.15) is 0 Å². The Morgan fingerprint density at radius 3 is 2.60 bits per heavy atom. The zero-order valence-electron chi connectivity index (χ0n) is 8.93. The van der Waals surface area contributed by atoms with E-state index >= 15 is 0 Å². The zero-order valence-corrected chi connectivity index (χ0v) is 8.93. The van der Waals surface area contributed by atoms with E-state index in [4.69, 9.17) is 0 Å². The molecule has 15 heavy (non-hydrogen) atoms. The molecule has 1 aromatic carbocycles. The van der Waals surface area contributed by atoms with Crippen LogP contribution < -0.4 is 0 Å². The molecule has 0 atom stereocenters. The molecule has 1 nitrogen and oxygen atoms in total. The topological polar surface area (TPSA) is 12.4 Å². The average Bonchev–Trinajstić information content (AvgIpc) is 2.31. The lowest BCUT2D eigenvalue weighted by Gasteiger charge is -1.92. The summed E-state index contributed by atoms with van der Waals surface area (Å²) in [5.41, 5.74) is 1.95. The molecule has 1 rings (SSSR count). The van der Waals surface area contributed by atoms with E-state index in [1.165, 1.54) is 0 Å². The molecule has 0 amide bonds. The van der Waals surface area contributed by atoms with E-state index in [-0.39, 0.29) is 0 Å². The van der Waals surface area contributed by atoms with Gasteiger partial charge < -0.3 is 0 Å². The van der Waals surface area contributed by atoms with Crippen molar-refractivity contribution in [2.45, 2.75) is 6.92 Å². The molecule has 0 fully saturated rings. The number of benzene rings is 1. The maximum Gasteiger partial charge on any atom is 0.0623 e. The maximum absolute atomic E-state index is 4.32. The van der Waals surface area contributed by atoms with Gasteiger partial charge in [-0.05, 0) is 24.6 Å². The first-order valence-corrected chi connectivity index (χ1v) is 4.91. The van der Waals surface area contributed by atoms with Crippen molar-refractivity contribution in [1.29, 1.82) is 0 Å². The molecular weight excluding hydrogens is 182 g/mol. The van der Waals surface area contributed by atoms with E-state index in [2.05, 4.69) is 11.6 Å². The molecule has 0 aromatic heterocycles. The highest BCUT2D eigenvalue weighted by molar-refractivity contribution is 5.80. The Labute approximate surface area is 91.2 Å². The third kappa shape index (κ3) is 4.23. The van der Waals surface area contributed by atoms with Crippen LogP contribution in [0.2, 0.25) is 0 Å². The molecule has 0 unspecified atom stereocenters. The number of nitrogens with zero attached hydrogens (tertiary/aromatic N) is 1. The van der Waals surface area contributed by atoms with Crippen molar-refractivity contribution in [3.05, 3.63) is 72.5 Å². The Morgan fingerprint density at radius 1 is 1.27 bits per heavy atom. The van der Waals surface area contributed by atoms with E-state index in [1.54, 1.807) is 6.08 Å². The number of aliphatic imine (C=N–C) groups is 1. The molecule has 76 valence electrons. The molecule has 0 aliphatic heterocycles. The van der Waals surface area contributed by atoms with Crippen molar-refractivity contribution >= 4 is 6.21 Å². The van der Waals surface area contributed by atoms with Crippen molar-refractivity contribution in [2.24, 2.45) is 4.99 Å². The number of hydrogen-bond acceptors (Lipinski definition) is 1. The number of rotatable bonds is 4. The van der Waals surface area contributed by atoms with Crippen LogP contribution in [0.15, 0.2) is 71.9 Å². The van der Waals surface area contributed by atoms with Crippen LogP contribution in [-0.4, -0.2) is 6.21 Å². The number of hydrogen-bond donors (Lipinski definition) is 0. The monoisotopic (exact) mass is 197 g/mol. The van der Waals surface area contributed by atoms with Gasteiger partial charge in [0, 0.05) is 6.21 Å². The van der Waals surface area contributed by atoms with Gasteiger partial charge in [-0.25, -0.2) is 0 Å². The maximum atomic E-state index is 4.32. The fraction of sp³-hybridized carbons (Fsp3) is 0.0714. The highest BCUT2D eigenvalue weighted by Gasteiger charge is 1.85. The fourth-order valence-corrected chi connectivity index (χ4v) is 1.05. The van der Waals surface area contributed by atoms with Gasteiger partial charge in [0.25, 0.3) is 0 Å². The summed E-state index contributed by atoms with van der Waals surface area (Å²) >= 11 is 0. The Morgan fingerprint density at radius 2 is 2.00 bits per heavy atom. The summed E-state index contributed by atoms with van der Waals surface area (Å²) in [5, 5.41) is 0. The van der Waals surface area contributed by atoms with Crippen LogP contribution >= 0.6 is 0 Å².